The summed E-state index contributed by atoms with van der Waals surface area (Å²) in [5.74, 6) is 1.08. The summed E-state index contributed by atoms with van der Waals surface area (Å²) < 4.78 is 0. The topological polar surface area (TPSA) is 23.6 Å². The van der Waals surface area contributed by atoms with Gasteiger partial charge in [0, 0.05) is 31.1 Å². The standard InChI is InChI=1S/C16H24N2OS/c1-3-12-4-5-14-13(10-12)11-15(20-14)16(19)18-8-6-17(2)7-9-18/h11-12H,3-10H2,1-2H3. The van der Waals surface area contributed by atoms with Gasteiger partial charge >= 0.3 is 0 Å². The van der Waals surface area contributed by atoms with Crippen molar-refractivity contribution >= 4 is 17.2 Å². The first-order valence-corrected chi connectivity index (χ1v) is 8.58. The van der Waals surface area contributed by atoms with Crippen molar-refractivity contribution in [2.24, 2.45) is 5.92 Å². The predicted molar refractivity (Wildman–Crippen MR) is 83.5 cm³/mol. The molecule has 1 aromatic heterocycles. The fraction of sp³-hybridized carbons (Fsp3) is 0.688. The molecule has 1 aliphatic carbocycles. The van der Waals surface area contributed by atoms with Crippen molar-refractivity contribution in [3.8, 4) is 0 Å². The second-order valence-electron chi connectivity index (χ2n) is 6.17. The number of aryl methyl sites for hydroxylation is 1. The molecule has 1 atom stereocenters. The lowest BCUT2D eigenvalue weighted by molar-refractivity contribution is 0.0669. The van der Waals surface area contributed by atoms with Crippen LogP contribution in [0.3, 0.4) is 0 Å². The number of amides is 1. The van der Waals surface area contributed by atoms with Crippen LogP contribution in [0.1, 0.15) is 39.9 Å². The van der Waals surface area contributed by atoms with E-state index in [4.69, 9.17) is 0 Å². The second kappa shape index (κ2) is 5.86. The molecule has 3 nitrogen and oxygen atoms in total. The monoisotopic (exact) mass is 292 g/mol. The maximum Gasteiger partial charge on any atom is 0.264 e. The van der Waals surface area contributed by atoms with Gasteiger partial charge in [-0.15, -0.1) is 11.3 Å². The second-order valence-corrected chi connectivity index (χ2v) is 7.31. The summed E-state index contributed by atoms with van der Waals surface area (Å²) >= 11 is 1.75. The van der Waals surface area contributed by atoms with Crippen molar-refractivity contribution in [2.75, 3.05) is 33.2 Å². The van der Waals surface area contributed by atoms with Gasteiger partial charge in [0.1, 0.15) is 0 Å². The third-order valence-electron chi connectivity index (χ3n) is 4.76. The van der Waals surface area contributed by atoms with E-state index in [0.29, 0.717) is 0 Å². The minimum atomic E-state index is 0.255. The van der Waals surface area contributed by atoms with Gasteiger partial charge in [-0.2, -0.15) is 0 Å². The quantitative estimate of drug-likeness (QED) is 0.836. The average molecular weight is 292 g/mol. The van der Waals surface area contributed by atoms with Gasteiger partial charge < -0.3 is 9.80 Å². The number of piperazine rings is 1. The van der Waals surface area contributed by atoms with Crippen molar-refractivity contribution in [1.82, 2.24) is 9.80 Å². The van der Waals surface area contributed by atoms with Gasteiger partial charge in [0.2, 0.25) is 0 Å². The van der Waals surface area contributed by atoms with Gasteiger partial charge in [0.05, 0.1) is 4.88 Å². The Morgan fingerprint density at radius 2 is 2.10 bits per heavy atom. The average Bonchev–Trinajstić information content (AvgIpc) is 2.90. The van der Waals surface area contributed by atoms with Crippen molar-refractivity contribution in [3.63, 3.8) is 0 Å². The first-order valence-electron chi connectivity index (χ1n) is 7.76. The zero-order valence-corrected chi connectivity index (χ0v) is 13.3. The number of hydrogen-bond donors (Lipinski definition) is 0. The summed E-state index contributed by atoms with van der Waals surface area (Å²) in [7, 11) is 2.12. The maximum absolute atomic E-state index is 12.6. The SMILES string of the molecule is CCC1CCc2sc(C(=O)N3CCN(C)CC3)cc2C1. The molecule has 1 fully saturated rings. The molecule has 20 heavy (non-hydrogen) atoms. The van der Waals surface area contributed by atoms with Crippen molar-refractivity contribution in [2.45, 2.75) is 32.6 Å². The van der Waals surface area contributed by atoms with Crippen LogP contribution in [0.4, 0.5) is 0 Å². The van der Waals surface area contributed by atoms with Crippen molar-refractivity contribution in [1.29, 1.82) is 0 Å². The van der Waals surface area contributed by atoms with E-state index in [0.717, 1.165) is 37.0 Å². The molecule has 0 bridgehead atoms. The Morgan fingerprint density at radius 3 is 2.80 bits per heavy atom. The Hall–Kier alpha value is -0.870. The predicted octanol–water partition coefficient (Wildman–Crippen LogP) is 2.65. The summed E-state index contributed by atoms with van der Waals surface area (Å²) in [6.07, 6.45) is 4.91. The number of thiophene rings is 1. The van der Waals surface area contributed by atoms with Crippen LogP contribution >= 0.6 is 11.3 Å². The molecular formula is C16H24N2OS. The van der Waals surface area contributed by atoms with Gasteiger partial charge in [-0.3, -0.25) is 4.79 Å². The van der Waals surface area contributed by atoms with E-state index in [-0.39, 0.29) is 5.91 Å². The molecule has 0 saturated carbocycles. The highest BCUT2D eigenvalue weighted by molar-refractivity contribution is 7.14. The van der Waals surface area contributed by atoms with E-state index in [1.54, 1.807) is 11.3 Å². The third-order valence-corrected chi connectivity index (χ3v) is 5.99. The maximum atomic E-state index is 12.6. The van der Waals surface area contributed by atoms with Gasteiger partial charge in [0.25, 0.3) is 5.91 Å². The zero-order chi connectivity index (χ0) is 14.1. The van der Waals surface area contributed by atoms with E-state index >= 15 is 0 Å². The lowest BCUT2D eigenvalue weighted by Crippen LogP contribution is -2.46. The van der Waals surface area contributed by atoms with Crippen LogP contribution in [0, 0.1) is 5.92 Å². The number of likely N-dealkylation sites (N-methyl/N-ethyl adjacent to an activating group) is 1. The number of fused-ring (bicyclic) bond motifs is 1. The molecule has 110 valence electrons. The van der Waals surface area contributed by atoms with E-state index in [1.165, 1.54) is 36.1 Å². The van der Waals surface area contributed by atoms with Crippen LogP contribution in [-0.2, 0) is 12.8 Å². The Kier molecular flexibility index (Phi) is 4.13. The van der Waals surface area contributed by atoms with Crippen LogP contribution in [0.25, 0.3) is 0 Å². The van der Waals surface area contributed by atoms with Crippen molar-refractivity contribution in [3.05, 3.63) is 21.4 Å². The molecule has 4 heteroatoms. The molecule has 0 N–H and O–H groups in total. The molecule has 2 heterocycles. The molecule has 1 unspecified atom stereocenters. The van der Waals surface area contributed by atoms with Gasteiger partial charge in [-0.1, -0.05) is 13.3 Å². The number of rotatable bonds is 2. The first kappa shape index (κ1) is 14.1. The van der Waals surface area contributed by atoms with Crippen molar-refractivity contribution < 1.29 is 4.79 Å². The lowest BCUT2D eigenvalue weighted by atomic mass is 9.87. The van der Waals surface area contributed by atoms with Crippen LogP contribution < -0.4 is 0 Å². The summed E-state index contributed by atoms with van der Waals surface area (Å²) in [5, 5.41) is 0. The fourth-order valence-electron chi connectivity index (χ4n) is 3.22. The number of hydrogen-bond acceptors (Lipinski definition) is 3. The Morgan fingerprint density at radius 1 is 1.35 bits per heavy atom. The molecule has 3 rings (SSSR count). The molecule has 1 aromatic rings. The smallest absolute Gasteiger partial charge is 0.264 e. The number of nitrogens with zero attached hydrogens (tertiary/aromatic N) is 2. The van der Waals surface area contributed by atoms with Crippen LogP contribution in [0.15, 0.2) is 6.07 Å². The number of carbonyl (C=O) groups is 1. The minimum Gasteiger partial charge on any atom is -0.335 e. The van der Waals surface area contributed by atoms with Crippen LogP contribution in [0.5, 0.6) is 0 Å². The summed E-state index contributed by atoms with van der Waals surface area (Å²) in [5.41, 5.74) is 1.45. The highest BCUT2D eigenvalue weighted by Gasteiger charge is 2.25. The van der Waals surface area contributed by atoms with E-state index < -0.39 is 0 Å². The minimum absolute atomic E-state index is 0.255. The Labute approximate surface area is 125 Å². The molecule has 0 aromatic carbocycles. The molecule has 0 spiro atoms. The molecule has 0 radical (unpaired) electrons. The Balaban J connectivity index is 1.72. The summed E-state index contributed by atoms with van der Waals surface area (Å²) in [6.45, 7) is 6.01. The van der Waals surface area contributed by atoms with Gasteiger partial charge in [-0.05, 0) is 43.9 Å². The van der Waals surface area contributed by atoms with Gasteiger partial charge in [0.15, 0.2) is 0 Å². The van der Waals surface area contributed by atoms with E-state index in [1.807, 2.05) is 4.90 Å². The summed E-state index contributed by atoms with van der Waals surface area (Å²) in [6, 6.07) is 2.18. The van der Waals surface area contributed by atoms with E-state index in [9.17, 15) is 4.79 Å². The first-order chi connectivity index (χ1) is 9.67. The van der Waals surface area contributed by atoms with Gasteiger partial charge in [-0.25, -0.2) is 0 Å². The highest BCUT2D eigenvalue weighted by atomic mass is 32.1. The number of carbonyl (C=O) groups excluding carboxylic acids is 1. The van der Waals surface area contributed by atoms with Crippen LogP contribution in [0.2, 0.25) is 0 Å². The third kappa shape index (κ3) is 2.77. The molecule has 1 amide bonds. The lowest BCUT2D eigenvalue weighted by Gasteiger charge is -2.32. The summed E-state index contributed by atoms with van der Waals surface area (Å²) in [4.78, 5) is 19.3. The molecule has 2 aliphatic rings. The zero-order valence-electron chi connectivity index (χ0n) is 12.5. The fourth-order valence-corrected chi connectivity index (χ4v) is 4.39. The normalized spacial score (nSPS) is 23.7. The molecule has 1 saturated heterocycles. The van der Waals surface area contributed by atoms with E-state index in [2.05, 4.69) is 24.9 Å². The highest BCUT2D eigenvalue weighted by Crippen LogP contribution is 2.34. The molecule has 1 aliphatic heterocycles. The molecular weight excluding hydrogens is 268 g/mol. The largest absolute Gasteiger partial charge is 0.335 e. The Bertz CT molecular complexity index is 489. The van der Waals surface area contributed by atoms with Crippen LogP contribution in [-0.4, -0.2) is 48.9 Å².